The van der Waals surface area contributed by atoms with E-state index in [9.17, 15) is 40.2 Å². The maximum atomic E-state index is 13.4. The molecule has 2 saturated heterocycles. The number of phenols is 1. The number of hydrogen-bond acceptors (Lipinski definition) is 15. The normalized spacial score (nSPS) is 31.4. The van der Waals surface area contributed by atoms with Gasteiger partial charge in [-0.2, -0.15) is 0 Å². The molecule has 46 heavy (non-hydrogen) atoms. The Labute approximate surface area is 262 Å². The van der Waals surface area contributed by atoms with Gasteiger partial charge in [0.25, 0.3) is 0 Å². The molecule has 6 N–H and O–H groups in total. The van der Waals surface area contributed by atoms with Crippen molar-refractivity contribution in [1.82, 2.24) is 0 Å². The van der Waals surface area contributed by atoms with Gasteiger partial charge in [-0.3, -0.25) is 9.59 Å². The summed E-state index contributed by atoms with van der Waals surface area (Å²) < 4.78 is 39.5. The van der Waals surface area contributed by atoms with E-state index in [4.69, 9.17) is 32.8 Å². The molecule has 0 saturated carbocycles. The zero-order valence-corrected chi connectivity index (χ0v) is 25.3. The van der Waals surface area contributed by atoms with Crippen LogP contribution in [0.3, 0.4) is 0 Å². The summed E-state index contributed by atoms with van der Waals surface area (Å²) in [6.45, 7) is 1.73. The molecule has 3 heterocycles. The van der Waals surface area contributed by atoms with Gasteiger partial charge in [-0.25, -0.2) is 0 Å². The molecule has 0 spiro atoms. The van der Waals surface area contributed by atoms with Crippen LogP contribution in [0.2, 0.25) is 0 Å². The number of aliphatic hydroxyl groups excluding tert-OH is 5. The highest BCUT2D eigenvalue weighted by molar-refractivity contribution is 5.88. The smallest absolute Gasteiger partial charge is 0.303 e. The van der Waals surface area contributed by atoms with E-state index in [0.29, 0.717) is 11.3 Å². The van der Waals surface area contributed by atoms with E-state index in [2.05, 4.69) is 0 Å². The average Bonchev–Trinajstić information content (AvgIpc) is 3.03. The standard InChI is InChI=1S/C31H36O15/c1-12-23(35)26(38)30(43-13(2)33)31(42-12)46-29-27(39)24(36)20(11-32)45-28(29)22-18(41-4)10-19-21(25(22)37)16(34)9-17(44-19)14-5-7-15(40-3)8-6-14/h5-10,12,20,23-24,26-32,35-39H,11H2,1-4H3/t12-,20-,23+,24+,26+,27+,28+,29+,30-,31+/m1/s1. The molecule has 2 aliphatic heterocycles. The molecule has 2 aliphatic rings. The van der Waals surface area contributed by atoms with Gasteiger partial charge >= 0.3 is 5.97 Å². The molecule has 2 aromatic carbocycles. The van der Waals surface area contributed by atoms with E-state index in [0.717, 1.165) is 6.92 Å². The Bertz CT molecular complexity index is 1600. The van der Waals surface area contributed by atoms with E-state index in [1.807, 2.05) is 0 Å². The van der Waals surface area contributed by atoms with Crippen LogP contribution < -0.4 is 14.9 Å². The Hall–Kier alpha value is -3.80. The molecule has 5 rings (SSSR count). The van der Waals surface area contributed by atoms with Gasteiger partial charge in [-0.15, -0.1) is 0 Å². The monoisotopic (exact) mass is 648 g/mol. The SMILES string of the molecule is COc1ccc(-c2cc(=O)c3c(O)c([C@@H]4O[C@H](CO)[C@H](O)[C@H](O)[C@@H]4O[C@@H]4O[C@H](C)[C@H](O)[C@H](O)[C@H]4OC(C)=O)c(OC)cc3o2)cc1. The molecule has 0 radical (unpaired) electrons. The van der Waals surface area contributed by atoms with Crippen molar-refractivity contribution in [2.24, 2.45) is 0 Å². The second kappa shape index (κ2) is 13.5. The van der Waals surface area contributed by atoms with Crippen molar-refractivity contribution in [2.75, 3.05) is 20.8 Å². The number of carbonyl (C=O) groups is 1. The number of fused-ring (bicyclic) bond motifs is 1. The summed E-state index contributed by atoms with van der Waals surface area (Å²) in [4.78, 5) is 25.3. The largest absolute Gasteiger partial charge is 0.506 e. The quantitative estimate of drug-likeness (QED) is 0.179. The predicted octanol–water partition coefficient (Wildman–Crippen LogP) is 0.120. The lowest BCUT2D eigenvalue weighted by atomic mass is 9.89. The second-order valence-corrected chi connectivity index (χ2v) is 11.0. The van der Waals surface area contributed by atoms with Crippen molar-refractivity contribution in [3.63, 3.8) is 0 Å². The van der Waals surface area contributed by atoms with Gasteiger partial charge in [-0.1, -0.05) is 0 Å². The number of benzene rings is 2. The van der Waals surface area contributed by atoms with Crippen LogP contribution in [0.5, 0.6) is 17.2 Å². The third-order valence-corrected chi connectivity index (χ3v) is 8.12. The first-order valence-corrected chi connectivity index (χ1v) is 14.4. The van der Waals surface area contributed by atoms with Gasteiger partial charge in [-0.05, 0) is 31.2 Å². The van der Waals surface area contributed by atoms with Crippen LogP contribution in [0.25, 0.3) is 22.3 Å². The second-order valence-electron chi connectivity index (χ2n) is 11.0. The number of rotatable bonds is 8. The van der Waals surface area contributed by atoms with Crippen molar-refractivity contribution in [3.05, 3.63) is 52.2 Å². The lowest BCUT2D eigenvalue weighted by molar-refractivity contribution is -0.339. The molecule has 10 atom stereocenters. The highest BCUT2D eigenvalue weighted by Gasteiger charge is 2.52. The van der Waals surface area contributed by atoms with E-state index in [-0.39, 0.29) is 28.0 Å². The predicted molar refractivity (Wildman–Crippen MR) is 156 cm³/mol. The van der Waals surface area contributed by atoms with Crippen LogP contribution in [0.1, 0.15) is 25.5 Å². The minimum atomic E-state index is -1.83. The molecular formula is C31H36O15. The average molecular weight is 649 g/mol. The number of hydrogen-bond donors (Lipinski definition) is 6. The van der Waals surface area contributed by atoms with Gasteiger partial charge < -0.3 is 63.5 Å². The van der Waals surface area contributed by atoms with Crippen molar-refractivity contribution in [1.29, 1.82) is 0 Å². The molecule has 1 aromatic heterocycles. The first kappa shape index (κ1) is 33.6. The number of methoxy groups -OCH3 is 2. The number of carbonyl (C=O) groups excluding carboxylic acids is 1. The summed E-state index contributed by atoms with van der Waals surface area (Å²) in [5.41, 5.74) is -0.356. The molecule has 0 unspecified atom stereocenters. The van der Waals surface area contributed by atoms with Crippen molar-refractivity contribution in [3.8, 4) is 28.6 Å². The lowest BCUT2D eigenvalue weighted by Crippen LogP contribution is -2.62. The summed E-state index contributed by atoms with van der Waals surface area (Å²) in [7, 11) is 2.78. The fraction of sp³-hybridized carbons (Fsp3) is 0.484. The molecule has 250 valence electrons. The Balaban J connectivity index is 1.61. The lowest BCUT2D eigenvalue weighted by Gasteiger charge is -2.46. The Kier molecular flexibility index (Phi) is 9.86. The number of aromatic hydroxyl groups is 1. The Morgan fingerprint density at radius 2 is 1.59 bits per heavy atom. The summed E-state index contributed by atoms with van der Waals surface area (Å²) in [6.07, 6.45) is -15.5. The summed E-state index contributed by atoms with van der Waals surface area (Å²) in [5.74, 6) is -0.803. The van der Waals surface area contributed by atoms with Crippen LogP contribution >= 0.6 is 0 Å². The van der Waals surface area contributed by atoms with Crippen molar-refractivity contribution in [2.45, 2.75) is 75.1 Å². The maximum Gasteiger partial charge on any atom is 0.303 e. The third-order valence-electron chi connectivity index (χ3n) is 8.12. The molecular weight excluding hydrogens is 612 g/mol. The molecule has 3 aromatic rings. The van der Waals surface area contributed by atoms with Gasteiger partial charge in [0.15, 0.2) is 17.8 Å². The van der Waals surface area contributed by atoms with E-state index >= 15 is 0 Å². The maximum absolute atomic E-state index is 13.4. The highest BCUT2D eigenvalue weighted by atomic mass is 16.7. The topological polar surface area (TPSA) is 224 Å². The molecule has 2 fully saturated rings. The number of aliphatic hydroxyl groups is 5. The van der Waals surface area contributed by atoms with Crippen molar-refractivity contribution < 1.29 is 68.3 Å². The molecule has 0 aliphatic carbocycles. The van der Waals surface area contributed by atoms with Gasteiger partial charge in [0.1, 0.15) is 76.7 Å². The molecule has 15 heteroatoms. The number of phenolic OH excluding ortho intramolecular Hbond substituents is 1. The minimum Gasteiger partial charge on any atom is -0.506 e. The van der Waals surface area contributed by atoms with Crippen LogP contribution in [-0.2, 0) is 23.7 Å². The van der Waals surface area contributed by atoms with Crippen LogP contribution in [0.15, 0.2) is 45.6 Å². The van der Waals surface area contributed by atoms with Gasteiger partial charge in [0.05, 0.1) is 32.5 Å². The van der Waals surface area contributed by atoms with Gasteiger partial charge in [0.2, 0.25) is 0 Å². The minimum absolute atomic E-state index is 0.0551. The Morgan fingerprint density at radius 3 is 2.20 bits per heavy atom. The van der Waals surface area contributed by atoms with Crippen LogP contribution in [0.4, 0.5) is 0 Å². The van der Waals surface area contributed by atoms with E-state index in [1.54, 1.807) is 24.3 Å². The first-order valence-electron chi connectivity index (χ1n) is 14.4. The molecule has 0 amide bonds. The zero-order chi connectivity index (χ0) is 33.4. The van der Waals surface area contributed by atoms with Crippen LogP contribution in [0, 0.1) is 0 Å². The summed E-state index contributed by atoms with van der Waals surface area (Å²) in [6, 6.07) is 9.23. The van der Waals surface area contributed by atoms with E-state index < -0.39 is 85.0 Å². The van der Waals surface area contributed by atoms with Gasteiger partial charge in [0, 0.05) is 24.6 Å². The molecule has 15 nitrogen and oxygen atoms in total. The fourth-order valence-corrected chi connectivity index (χ4v) is 5.69. The third kappa shape index (κ3) is 6.15. The highest BCUT2D eigenvalue weighted by Crippen LogP contribution is 2.46. The Morgan fingerprint density at radius 1 is 0.913 bits per heavy atom. The number of esters is 1. The first-order chi connectivity index (χ1) is 21.9. The number of ether oxygens (including phenoxy) is 6. The summed E-state index contributed by atoms with van der Waals surface area (Å²) >= 11 is 0. The summed E-state index contributed by atoms with van der Waals surface area (Å²) in [5, 5.41) is 64.2. The van der Waals surface area contributed by atoms with E-state index in [1.165, 1.54) is 33.3 Å². The zero-order valence-electron chi connectivity index (χ0n) is 25.3. The fourth-order valence-electron chi connectivity index (χ4n) is 5.69. The van der Waals surface area contributed by atoms with Crippen LogP contribution in [-0.4, -0.2) is 113 Å². The molecule has 0 bridgehead atoms. The van der Waals surface area contributed by atoms with Crippen molar-refractivity contribution >= 4 is 16.9 Å².